The number of Topliss-reactive ketones (excluding diaryl/α,β-unsaturated/α-hetero) is 1. The number of imide groups is 1. The number of halogens is 2. The molecule has 1 aliphatic heterocycles. The molecule has 0 radical (unpaired) electrons. The molecule has 2 atom stereocenters. The summed E-state index contributed by atoms with van der Waals surface area (Å²) in [5.74, 6) is -4.18. The first-order valence-corrected chi connectivity index (χ1v) is 14.4. The van der Waals surface area contributed by atoms with Gasteiger partial charge in [0.25, 0.3) is 17.7 Å². The Hall–Kier alpha value is -3.78. The largest absolute Gasteiger partial charge is 0.291 e. The molecule has 3 aliphatic carbocycles. The summed E-state index contributed by atoms with van der Waals surface area (Å²) in [6, 6.07) is 23.5. The molecule has 4 aliphatic rings. The number of hydrogen-bond acceptors (Lipinski definition) is 5. The van der Waals surface area contributed by atoms with Crippen molar-refractivity contribution in [1.82, 2.24) is 10.0 Å². The van der Waals surface area contributed by atoms with Crippen LogP contribution in [-0.4, -0.2) is 40.1 Å². The maximum atomic E-state index is 14.3. The Kier molecular flexibility index (Phi) is 5.93. The van der Waals surface area contributed by atoms with Gasteiger partial charge in [-0.2, -0.15) is 5.01 Å². The molecule has 0 spiro atoms. The molecule has 6 nitrogen and oxygen atoms in total. The first-order chi connectivity index (χ1) is 19.4. The lowest BCUT2D eigenvalue weighted by atomic mass is 9.55. The third kappa shape index (κ3) is 3.61. The fraction of sp³-hybridized carbons (Fsp3) is 0.161. The minimum atomic E-state index is -0.728. The van der Waals surface area contributed by atoms with Gasteiger partial charge in [0, 0.05) is 16.9 Å². The summed E-state index contributed by atoms with van der Waals surface area (Å²) >= 11 is 13.7. The number of nitrogens with zero attached hydrogens (tertiary/aromatic N) is 2. The number of hydrazine groups is 1. The molecule has 1 aromatic heterocycles. The van der Waals surface area contributed by atoms with Gasteiger partial charge in [-0.25, -0.2) is 5.01 Å². The predicted octanol–water partition coefficient (Wildman–Crippen LogP) is 6.19. The van der Waals surface area contributed by atoms with Crippen molar-refractivity contribution < 1.29 is 19.2 Å². The Labute approximate surface area is 243 Å². The molecule has 2 heterocycles. The first kappa shape index (κ1) is 25.2. The SMILES string of the molecule is O=C(CN(C(=O)c1ccc(Cl)cc1Cl)N1C(=O)[C@H]2C3c4ccccc4C(c4ccccc43)[C@@H]2C1=O)c1cccs1. The molecule has 8 rings (SSSR count). The third-order valence-electron chi connectivity index (χ3n) is 8.15. The van der Waals surface area contributed by atoms with Gasteiger partial charge in [-0.05, 0) is 51.9 Å². The van der Waals surface area contributed by atoms with Crippen LogP contribution < -0.4 is 0 Å². The number of ketones is 1. The lowest BCUT2D eigenvalue weighted by molar-refractivity contribution is -0.154. The Bertz CT molecular complexity index is 1620. The van der Waals surface area contributed by atoms with Crippen molar-refractivity contribution in [3.63, 3.8) is 0 Å². The summed E-state index contributed by atoms with van der Waals surface area (Å²) in [5.41, 5.74) is 4.11. The van der Waals surface area contributed by atoms with Crippen LogP contribution in [0.25, 0.3) is 0 Å². The molecule has 4 aromatic rings. The highest BCUT2D eigenvalue weighted by Gasteiger charge is 2.63. The lowest BCUT2D eigenvalue weighted by Crippen LogP contribution is -2.52. The molecule has 1 fully saturated rings. The molecule has 3 aromatic carbocycles. The van der Waals surface area contributed by atoms with Crippen LogP contribution in [0, 0.1) is 11.8 Å². The van der Waals surface area contributed by atoms with Crippen molar-refractivity contribution in [2.75, 3.05) is 6.54 Å². The minimum absolute atomic E-state index is 0.0371. The van der Waals surface area contributed by atoms with Crippen LogP contribution in [0.15, 0.2) is 84.2 Å². The van der Waals surface area contributed by atoms with Crippen LogP contribution >= 0.6 is 34.5 Å². The van der Waals surface area contributed by atoms with Crippen LogP contribution in [0.1, 0.15) is 54.1 Å². The number of benzene rings is 3. The molecule has 9 heteroatoms. The molecule has 0 unspecified atom stereocenters. The zero-order valence-electron chi connectivity index (χ0n) is 20.8. The smallest absolute Gasteiger partial charge is 0.274 e. The molecule has 40 heavy (non-hydrogen) atoms. The van der Waals surface area contributed by atoms with E-state index in [0.29, 0.717) is 9.90 Å². The first-order valence-electron chi connectivity index (χ1n) is 12.8. The van der Waals surface area contributed by atoms with Gasteiger partial charge in [-0.3, -0.25) is 19.2 Å². The Balaban J connectivity index is 1.35. The van der Waals surface area contributed by atoms with E-state index in [-0.39, 0.29) is 22.4 Å². The quantitative estimate of drug-likeness (QED) is 0.206. The lowest BCUT2D eigenvalue weighted by Gasteiger charge is -2.45. The number of amides is 3. The highest BCUT2D eigenvalue weighted by molar-refractivity contribution is 7.12. The van der Waals surface area contributed by atoms with Crippen molar-refractivity contribution in [3.05, 3.63) is 127 Å². The van der Waals surface area contributed by atoms with E-state index in [0.717, 1.165) is 32.3 Å². The van der Waals surface area contributed by atoms with E-state index < -0.39 is 41.9 Å². The summed E-state index contributed by atoms with van der Waals surface area (Å²) in [4.78, 5) is 56.3. The van der Waals surface area contributed by atoms with Gasteiger partial charge in [0.2, 0.25) is 0 Å². The molecule has 0 N–H and O–H groups in total. The second kappa shape index (κ2) is 9.41. The summed E-state index contributed by atoms with van der Waals surface area (Å²) in [6.45, 7) is -0.496. The average molecular weight is 587 g/mol. The van der Waals surface area contributed by atoms with Crippen molar-refractivity contribution in [2.24, 2.45) is 11.8 Å². The van der Waals surface area contributed by atoms with Gasteiger partial charge in [-0.1, -0.05) is 77.8 Å². The van der Waals surface area contributed by atoms with Crippen LogP contribution in [0.2, 0.25) is 10.0 Å². The fourth-order valence-electron chi connectivity index (χ4n) is 6.59. The number of hydrogen-bond donors (Lipinski definition) is 0. The van der Waals surface area contributed by atoms with Crippen molar-refractivity contribution in [3.8, 4) is 0 Å². The highest BCUT2D eigenvalue weighted by Crippen LogP contribution is 2.61. The number of carbonyl (C=O) groups excluding carboxylic acids is 4. The summed E-state index contributed by atoms with van der Waals surface area (Å²) in [5, 5.41) is 4.01. The predicted molar refractivity (Wildman–Crippen MR) is 152 cm³/mol. The van der Waals surface area contributed by atoms with E-state index >= 15 is 0 Å². The maximum absolute atomic E-state index is 14.3. The molecular weight excluding hydrogens is 567 g/mol. The Morgan fingerprint density at radius 1 is 0.775 bits per heavy atom. The summed E-state index contributed by atoms with van der Waals surface area (Å²) < 4.78 is 0. The van der Waals surface area contributed by atoms with E-state index in [4.69, 9.17) is 23.2 Å². The standard InChI is InChI=1S/C31H20Cl2N2O4S/c32-16-11-12-21(22(33)14-16)29(37)34(15-23(36)24-10-5-13-40-24)35-30(38)27-25-17-6-1-2-7-18(17)26(28(27)31(35)39)20-9-4-3-8-19(20)25/h1-14,25-28H,15H2/t25?,26?,27-,28-/m0/s1. The van der Waals surface area contributed by atoms with Crippen LogP contribution in [-0.2, 0) is 9.59 Å². The minimum Gasteiger partial charge on any atom is -0.291 e. The Morgan fingerprint density at radius 2 is 1.32 bits per heavy atom. The molecule has 0 saturated carbocycles. The van der Waals surface area contributed by atoms with Crippen molar-refractivity contribution in [2.45, 2.75) is 11.8 Å². The third-order valence-corrected chi connectivity index (χ3v) is 9.61. The van der Waals surface area contributed by atoms with E-state index in [1.165, 1.54) is 29.5 Å². The second-order valence-electron chi connectivity index (χ2n) is 10.1. The molecule has 198 valence electrons. The number of carbonyl (C=O) groups is 4. The van der Waals surface area contributed by atoms with Gasteiger partial charge < -0.3 is 0 Å². The second-order valence-corrected chi connectivity index (χ2v) is 11.9. The van der Waals surface area contributed by atoms with Crippen molar-refractivity contribution in [1.29, 1.82) is 0 Å². The zero-order chi connectivity index (χ0) is 27.7. The van der Waals surface area contributed by atoms with Gasteiger partial charge in [0.15, 0.2) is 5.78 Å². The normalized spacial score (nSPS) is 22.1. The maximum Gasteiger partial charge on any atom is 0.274 e. The van der Waals surface area contributed by atoms with E-state index in [1.807, 2.05) is 48.5 Å². The van der Waals surface area contributed by atoms with E-state index in [9.17, 15) is 19.2 Å². The van der Waals surface area contributed by atoms with E-state index in [1.54, 1.807) is 17.5 Å². The molecular formula is C31H20Cl2N2O4S. The number of rotatable bonds is 5. The van der Waals surface area contributed by atoms with E-state index in [2.05, 4.69) is 0 Å². The summed E-state index contributed by atoms with van der Waals surface area (Å²) in [7, 11) is 0. The number of thiophene rings is 1. The van der Waals surface area contributed by atoms with Crippen LogP contribution in [0.5, 0.6) is 0 Å². The summed E-state index contributed by atoms with van der Waals surface area (Å²) in [6.07, 6.45) is 0. The molecule has 1 saturated heterocycles. The zero-order valence-corrected chi connectivity index (χ0v) is 23.1. The Morgan fingerprint density at radius 3 is 1.80 bits per heavy atom. The average Bonchev–Trinajstić information content (AvgIpc) is 3.59. The fourth-order valence-corrected chi connectivity index (χ4v) is 7.73. The molecule has 2 bridgehead atoms. The van der Waals surface area contributed by atoms with Gasteiger partial charge in [0.1, 0.15) is 6.54 Å². The molecule has 3 amide bonds. The topological polar surface area (TPSA) is 74.8 Å². The van der Waals surface area contributed by atoms with Gasteiger partial charge >= 0.3 is 0 Å². The van der Waals surface area contributed by atoms with Gasteiger partial charge in [0.05, 0.1) is 27.3 Å². The van der Waals surface area contributed by atoms with Crippen molar-refractivity contribution >= 4 is 58.0 Å². The van der Waals surface area contributed by atoms with Gasteiger partial charge in [-0.15, -0.1) is 11.3 Å². The van der Waals surface area contributed by atoms with Crippen LogP contribution in [0.3, 0.4) is 0 Å². The monoisotopic (exact) mass is 586 g/mol. The van der Waals surface area contributed by atoms with Crippen LogP contribution in [0.4, 0.5) is 0 Å². The highest BCUT2D eigenvalue weighted by atomic mass is 35.5.